The molecule has 1 amide bonds. The Balaban J connectivity index is 1.89. The van der Waals surface area contributed by atoms with Gasteiger partial charge in [-0.2, -0.15) is 0 Å². The van der Waals surface area contributed by atoms with E-state index >= 15 is 0 Å². The minimum atomic E-state index is -0.884. The van der Waals surface area contributed by atoms with Gasteiger partial charge >= 0.3 is 6.09 Å². The third-order valence-corrected chi connectivity index (χ3v) is 3.21. The Kier molecular flexibility index (Phi) is 3.28. The van der Waals surface area contributed by atoms with Crippen LogP contribution in [0.5, 0.6) is 5.75 Å². The lowest BCUT2D eigenvalue weighted by Crippen LogP contribution is -2.53. The molecule has 0 aromatic carbocycles. The molecular formula is C10H11BrN2O3. The number of amides is 1. The topological polar surface area (TPSA) is 62.7 Å². The zero-order valence-electron chi connectivity index (χ0n) is 8.47. The first-order chi connectivity index (χ1) is 7.68. The molecule has 6 heteroatoms. The highest BCUT2D eigenvalue weighted by Gasteiger charge is 2.32. The second-order valence-electron chi connectivity index (χ2n) is 3.54. The second kappa shape index (κ2) is 4.69. The minimum Gasteiger partial charge on any atom is -0.489 e. The quantitative estimate of drug-likeness (QED) is 0.923. The molecule has 0 aliphatic carbocycles. The molecule has 2 rings (SSSR count). The average Bonchev–Trinajstić information content (AvgIpc) is 2.18. The summed E-state index contributed by atoms with van der Waals surface area (Å²) in [6.07, 6.45) is 3.23. The lowest BCUT2D eigenvalue weighted by molar-refractivity contribution is 0.0497. The normalized spacial score (nSPS) is 19.1. The molecule has 86 valence electrons. The van der Waals surface area contributed by atoms with Gasteiger partial charge in [-0.15, -0.1) is 0 Å². The van der Waals surface area contributed by atoms with Gasteiger partial charge in [-0.05, 0) is 28.4 Å². The highest BCUT2D eigenvalue weighted by atomic mass is 79.9. The van der Waals surface area contributed by atoms with Crippen LogP contribution in [0.4, 0.5) is 4.79 Å². The fourth-order valence-electron chi connectivity index (χ4n) is 1.52. The van der Waals surface area contributed by atoms with E-state index in [2.05, 4.69) is 20.9 Å². The Morgan fingerprint density at radius 3 is 3.12 bits per heavy atom. The van der Waals surface area contributed by atoms with Crippen molar-refractivity contribution in [3.05, 3.63) is 22.9 Å². The first-order valence-electron chi connectivity index (χ1n) is 4.90. The van der Waals surface area contributed by atoms with Crippen molar-refractivity contribution in [1.29, 1.82) is 0 Å². The largest absolute Gasteiger partial charge is 0.489 e. The van der Waals surface area contributed by atoms with Crippen molar-refractivity contribution in [2.24, 2.45) is 0 Å². The third-order valence-electron chi connectivity index (χ3n) is 2.56. The summed E-state index contributed by atoms with van der Waals surface area (Å²) < 4.78 is 6.33. The number of carbonyl (C=O) groups is 1. The molecule has 0 saturated carbocycles. The van der Waals surface area contributed by atoms with Crippen LogP contribution in [0.25, 0.3) is 0 Å². The van der Waals surface area contributed by atoms with E-state index in [4.69, 9.17) is 9.84 Å². The Labute approximate surface area is 101 Å². The molecule has 0 spiro atoms. The average molecular weight is 287 g/mol. The van der Waals surface area contributed by atoms with Crippen LogP contribution < -0.4 is 4.74 Å². The summed E-state index contributed by atoms with van der Waals surface area (Å²) in [4.78, 5) is 16.0. The maximum atomic E-state index is 10.7. The predicted octanol–water partition coefficient (Wildman–Crippen LogP) is 1.98. The number of likely N-dealkylation sites (tertiary alicyclic amines) is 1. The van der Waals surface area contributed by atoms with Crippen LogP contribution >= 0.6 is 15.9 Å². The molecule has 16 heavy (non-hydrogen) atoms. The summed E-state index contributed by atoms with van der Waals surface area (Å²) in [5.41, 5.74) is 0. The van der Waals surface area contributed by atoms with E-state index < -0.39 is 6.09 Å². The van der Waals surface area contributed by atoms with Crippen LogP contribution in [0, 0.1) is 0 Å². The summed E-state index contributed by atoms with van der Waals surface area (Å²) in [5.74, 6) is 0.639. The maximum absolute atomic E-state index is 10.7. The van der Waals surface area contributed by atoms with Gasteiger partial charge in [-0.1, -0.05) is 0 Å². The highest BCUT2D eigenvalue weighted by molar-refractivity contribution is 9.10. The maximum Gasteiger partial charge on any atom is 0.407 e. The molecule has 0 unspecified atom stereocenters. The van der Waals surface area contributed by atoms with Crippen molar-refractivity contribution in [3.8, 4) is 5.75 Å². The summed E-state index contributed by atoms with van der Waals surface area (Å²) in [7, 11) is 0. The lowest BCUT2D eigenvalue weighted by atomic mass is 10.1. The standard InChI is InChI=1S/C10H11BrN2O3/c11-8-1-3-12-5-9(8)16-6-7-2-4-13(7)10(14)15/h1,3,5,7H,2,4,6H2,(H,14,15)/t7-/m0/s1. The number of hydrogen-bond donors (Lipinski definition) is 1. The van der Waals surface area contributed by atoms with E-state index in [1.165, 1.54) is 4.90 Å². The Morgan fingerprint density at radius 1 is 1.75 bits per heavy atom. The fraction of sp³-hybridized carbons (Fsp3) is 0.400. The number of hydrogen-bond acceptors (Lipinski definition) is 3. The van der Waals surface area contributed by atoms with Crippen molar-refractivity contribution in [1.82, 2.24) is 9.88 Å². The molecule has 1 aliphatic rings. The number of ether oxygens (including phenoxy) is 1. The zero-order valence-corrected chi connectivity index (χ0v) is 10.1. The molecular weight excluding hydrogens is 276 g/mol. The number of halogens is 1. The van der Waals surface area contributed by atoms with Crippen molar-refractivity contribution in [2.45, 2.75) is 12.5 Å². The number of aromatic nitrogens is 1. The van der Waals surface area contributed by atoms with E-state index in [9.17, 15) is 4.79 Å². The summed E-state index contributed by atoms with van der Waals surface area (Å²) in [6, 6.07) is 1.75. The van der Waals surface area contributed by atoms with Gasteiger partial charge in [0.05, 0.1) is 16.7 Å². The predicted molar refractivity (Wildman–Crippen MR) is 60.6 cm³/mol. The van der Waals surface area contributed by atoms with E-state index in [1.54, 1.807) is 18.5 Å². The highest BCUT2D eigenvalue weighted by Crippen LogP contribution is 2.24. The number of rotatable bonds is 3. The van der Waals surface area contributed by atoms with Crippen molar-refractivity contribution in [2.75, 3.05) is 13.2 Å². The summed E-state index contributed by atoms with van der Waals surface area (Å²) in [5, 5.41) is 8.80. The van der Waals surface area contributed by atoms with Crippen LogP contribution in [0.3, 0.4) is 0 Å². The smallest absolute Gasteiger partial charge is 0.407 e. The molecule has 2 heterocycles. The van der Waals surface area contributed by atoms with Crippen LogP contribution in [0.15, 0.2) is 22.9 Å². The molecule has 0 radical (unpaired) electrons. The molecule has 1 aromatic rings. The second-order valence-corrected chi connectivity index (χ2v) is 4.39. The van der Waals surface area contributed by atoms with Gasteiger partial charge in [0, 0.05) is 12.7 Å². The summed E-state index contributed by atoms with van der Waals surface area (Å²) >= 11 is 3.34. The van der Waals surface area contributed by atoms with Crippen LogP contribution in [0.2, 0.25) is 0 Å². The van der Waals surface area contributed by atoms with Gasteiger partial charge in [-0.3, -0.25) is 4.98 Å². The van der Waals surface area contributed by atoms with Crippen LogP contribution in [-0.4, -0.2) is 40.3 Å². The number of carboxylic acid groups (broad SMARTS) is 1. The molecule has 1 saturated heterocycles. The van der Waals surface area contributed by atoms with Gasteiger partial charge in [0.2, 0.25) is 0 Å². The van der Waals surface area contributed by atoms with Gasteiger partial charge in [0.1, 0.15) is 6.61 Å². The minimum absolute atomic E-state index is 0.0374. The van der Waals surface area contributed by atoms with Crippen LogP contribution in [-0.2, 0) is 0 Å². The Hall–Kier alpha value is -1.30. The van der Waals surface area contributed by atoms with Gasteiger partial charge in [0.25, 0.3) is 0 Å². The van der Waals surface area contributed by atoms with Crippen molar-refractivity contribution in [3.63, 3.8) is 0 Å². The molecule has 1 fully saturated rings. The molecule has 1 aromatic heterocycles. The molecule has 1 N–H and O–H groups in total. The molecule has 5 nitrogen and oxygen atoms in total. The van der Waals surface area contributed by atoms with E-state index in [0.29, 0.717) is 18.9 Å². The number of nitrogens with zero attached hydrogens (tertiary/aromatic N) is 2. The van der Waals surface area contributed by atoms with Crippen molar-refractivity contribution < 1.29 is 14.6 Å². The van der Waals surface area contributed by atoms with E-state index in [-0.39, 0.29) is 6.04 Å². The van der Waals surface area contributed by atoms with Gasteiger partial charge < -0.3 is 14.7 Å². The Morgan fingerprint density at radius 2 is 2.56 bits per heavy atom. The molecule has 1 aliphatic heterocycles. The lowest BCUT2D eigenvalue weighted by Gasteiger charge is -2.38. The number of pyridine rings is 1. The van der Waals surface area contributed by atoms with Gasteiger partial charge in [-0.25, -0.2) is 4.79 Å². The monoisotopic (exact) mass is 286 g/mol. The third kappa shape index (κ3) is 2.27. The van der Waals surface area contributed by atoms with E-state index in [1.807, 2.05) is 0 Å². The first kappa shape index (κ1) is 11.2. The fourth-order valence-corrected chi connectivity index (χ4v) is 1.86. The SMILES string of the molecule is O=C(O)N1CC[C@H]1COc1cnccc1Br. The van der Waals surface area contributed by atoms with Gasteiger partial charge in [0.15, 0.2) is 5.75 Å². The van der Waals surface area contributed by atoms with E-state index in [0.717, 1.165) is 10.9 Å². The van der Waals surface area contributed by atoms with Crippen molar-refractivity contribution >= 4 is 22.0 Å². The zero-order chi connectivity index (χ0) is 11.5. The molecule has 0 bridgehead atoms. The Bertz CT molecular complexity index is 399. The van der Waals surface area contributed by atoms with Crippen LogP contribution in [0.1, 0.15) is 6.42 Å². The first-order valence-corrected chi connectivity index (χ1v) is 5.69. The summed E-state index contributed by atoms with van der Waals surface area (Å²) in [6.45, 7) is 0.966. The molecule has 1 atom stereocenters.